The molecule has 0 bridgehead atoms. The Labute approximate surface area is 156 Å². The molecule has 136 valence electrons. The lowest BCUT2D eigenvalue weighted by Gasteiger charge is -2.17. The number of nitrogens with two attached hydrogens (primary N) is 1. The Kier molecular flexibility index (Phi) is 3.99. The molecule has 0 aliphatic rings. The number of hydrogen-bond donors (Lipinski definition) is 1. The lowest BCUT2D eigenvalue weighted by Crippen LogP contribution is -2.11. The number of pyridine rings is 1. The molecule has 3 heterocycles. The van der Waals surface area contributed by atoms with Crippen molar-refractivity contribution < 1.29 is 4.39 Å². The topological polar surface area (TPSA) is 72.3 Å². The minimum atomic E-state index is -0.299. The number of aromatic nitrogens is 4. The zero-order valence-electron chi connectivity index (χ0n) is 15.3. The predicted octanol–water partition coefficient (Wildman–Crippen LogP) is 3.55. The van der Waals surface area contributed by atoms with E-state index in [1.807, 2.05) is 48.6 Å². The van der Waals surface area contributed by atoms with E-state index in [0.29, 0.717) is 17.2 Å². The number of anilines is 2. The number of hydrogen-bond acceptors (Lipinski definition) is 5. The highest BCUT2D eigenvalue weighted by Gasteiger charge is 2.18. The van der Waals surface area contributed by atoms with Gasteiger partial charge in [-0.1, -0.05) is 0 Å². The lowest BCUT2D eigenvalue weighted by molar-refractivity contribution is 0.628. The molecule has 4 aromatic rings. The van der Waals surface area contributed by atoms with E-state index in [4.69, 9.17) is 5.73 Å². The van der Waals surface area contributed by atoms with Crippen LogP contribution in [0.15, 0.2) is 48.8 Å². The van der Waals surface area contributed by atoms with Crippen molar-refractivity contribution in [1.82, 2.24) is 19.4 Å². The summed E-state index contributed by atoms with van der Waals surface area (Å²) >= 11 is 0. The van der Waals surface area contributed by atoms with Gasteiger partial charge in [-0.15, -0.1) is 0 Å². The number of nitrogen functional groups attached to an aromatic ring is 1. The fraction of sp³-hybridized carbons (Fsp3) is 0.150. The highest BCUT2D eigenvalue weighted by Crippen LogP contribution is 2.34. The van der Waals surface area contributed by atoms with Gasteiger partial charge in [-0.3, -0.25) is 4.40 Å². The SMILES string of the molecule is Cc1cc(-c2c(-c3ccc(F)cc3)nc(N)c3nccn23)cc(N(C)C)n1. The molecule has 0 fully saturated rings. The number of fused-ring (bicyclic) bond motifs is 1. The normalized spacial score (nSPS) is 11.1. The zero-order chi connectivity index (χ0) is 19.1. The van der Waals surface area contributed by atoms with Gasteiger partial charge in [-0.05, 0) is 43.3 Å². The first-order valence-electron chi connectivity index (χ1n) is 8.49. The van der Waals surface area contributed by atoms with Crippen molar-refractivity contribution in [1.29, 1.82) is 0 Å². The maximum atomic E-state index is 13.4. The van der Waals surface area contributed by atoms with Crippen LogP contribution in [0.25, 0.3) is 28.2 Å². The molecule has 0 aliphatic heterocycles. The Hall–Kier alpha value is -3.48. The van der Waals surface area contributed by atoms with E-state index >= 15 is 0 Å². The van der Waals surface area contributed by atoms with Crippen LogP contribution in [-0.2, 0) is 0 Å². The summed E-state index contributed by atoms with van der Waals surface area (Å²) in [7, 11) is 3.89. The van der Waals surface area contributed by atoms with E-state index in [1.54, 1.807) is 18.3 Å². The number of benzene rings is 1. The molecule has 0 aliphatic carbocycles. The maximum absolute atomic E-state index is 13.4. The molecule has 27 heavy (non-hydrogen) atoms. The molecule has 0 radical (unpaired) electrons. The Morgan fingerprint density at radius 1 is 1.04 bits per heavy atom. The highest BCUT2D eigenvalue weighted by atomic mass is 19.1. The number of nitrogens with zero attached hydrogens (tertiary/aromatic N) is 5. The van der Waals surface area contributed by atoms with Crippen molar-refractivity contribution in [2.45, 2.75) is 6.92 Å². The molecule has 2 N–H and O–H groups in total. The van der Waals surface area contributed by atoms with Crippen molar-refractivity contribution in [3.05, 3.63) is 60.3 Å². The molecule has 1 aromatic carbocycles. The molecule has 3 aromatic heterocycles. The summed E-state index contributed by atoms with van der Waals surface area (Å²) in [6.07, 6.45) is 3.53. The number of aryl methyl sites for hydroxylation is 1. The second kappa shape index (κ2) is 6.35. The maximum Gasteiger partial charge on any atom is 0.180 e. The van der Waals surface area contributed by atoms with Gasteiger partial charge in [0.1, 0.15) is 11.6 Å². The third-order valence-corrected chi connectivity index (χ3v) is 4.36. The summed E-state index contributed by atoms with van der Waals surface area (Å²) in [5, 5.41) is 0. The van der Waals surface area contributed by atoms with E-state index < -0.39 is 0 Å². The lowest BCUT2D eigenvalue weighted by atomic mass is 10.0. The fourth-order valence-electron chi connectivity index (χ4n) is 3.11. The Bertz CT molecular complexity index is 1130. The van der Waals surface area contributed by atoms with Crippen LogP contribution in [0.3, 0.4) is 0 Å². The molecule has 4 rings (SSSR count). The summed E-state index contributed by atoms with van der Waals surface area (Å²) < 4.78 is 15.3. The summed E-state index contributed by atoms with van der Waals surface area (Å²) in [5.74, 6) is 0.855. The molecule has 0 saturated carbocycles. The van der Waals surface area contributed by atoms with Gasteiger partial charge in [0.05, 0.1) is 11.4 Å². The van der Waals surface area contributed by atoms with Crippen molar-refractivity contribution in [2.24, 2.45) is 0 Å². The van der Waals surface area contributed by atoms with Crippen LogP contribution >= 0.6 is 0 Å². The number of halogens is 1. The van der Waals surface area contributed by atoms with Crippen LogP contribution in [0.1, 0.15) is 5.69 Å². The molecule has 0 amide bonds. The van der Waals surface area contributed by atoms with Crippen LogP contribution in [0.5, 0.6) is 0 Å². The molecular weight excluding hydrogens is 343 g/mol. The molecule has 0 saturated heterocycles. The first-order chi connectivity index (χ1) is 12.9. The molecule has 6 nitrogen and oxygen atoms in total. The average molecular weight is 362 g/mol. The van der Waals surface area contributed by atoms with Gasteiger partial charge >= 0.3 is 0 Å². The fourth-order valence-corrected chi connectivity index (χ4v) is 3.11. The van der Waals surface area contributed by atoms with Crippen LogP contribution < -0.4 is 10.6 Å². The molecule has 0 spiro atoms. The van der Waals surface area contributed by atoms with Gasteiger partial charge in [-0.2, -0.15) is 0 Å². The predicted molar refractivity (Wildman–Crippen MR) is 105 cm³/mol. The van der Waals surface area contributed by atoms with E-state index in [9.17, 15) is 4.39 Å². The molecule has 0 unspecified atom stereocenters. The molecule has 0 atom stereocenters. The van der Waals surface area contributed by atoms with E-state index in [2.05, 4.69) is 15.0 Å². The van der Waals surface area contributed by atoms with Gasteiger partial charge in [0.2, 0.25) is 0 Å². The smallest absolute Gasteiger partial charge is 0.180 e. The van der Waals surface area contributed by atoms with Gasteiger partial charge in [0, 0.05) is 43.3 Å². The Balaban J connectivity index is 2.07. The summed E-state index contributed by atoms with van der Waals surface area (Å²) in [4.78, 5) is 15.4. The largest absolute Gasteiger partial charge is 0.381 e. The second-order valence-corrected chi connectivity index (χ2v) is 6.57. The minimum Gasteiger partial charge on any atom is -0.381 e. The van der Waals surface area contributed by atoms with Crippen molar-refractivity contribution in [3.63, 3.8) is 0 Å². The van der Waals surface area contributed by atoms with Gasteiger partial charge in [0.15, 0.2) is 11.5 Å². The van der Waals surface area contributed by atoms with Crippen molar-refractivity contribution in [3.8, 4) is 22.5 Å². The first kappa shape index (κ1) is 17.0. The van der Waals surface area contributed by atoms with Gasteiger partial charge in [-0.25, -0.2) is 19.3 Å². The third kappa shape index (κ3) is 2.97. The van der Waals surface area contributed by atoms with Gasteiger partial charge < -0.3 is 10.6 Å². The standard InChI is InChI=1S/C20H19FN6/c1-12-10-14(11-16(24-12)26(2)3)18-17(13-4-6-15(21)7-5-13)25-19(22)20-23-8-9-27(18)20/h4-11H,1-3H3,(H2,22,25). The highest BCUT2D eigenvalue weighted by molar-refractivity contribution is 5.84. The third-order valence-electron chi connectivity index (χ3n) is 4.36. The van der Waals surface area contributed by atoms with Crippen LogP contribution in [0, 0.1) is 12.7 Å². The monoisotopic (exact) mass is 362 g/mol. The van der Waals surface area contributed by atoms with Crippen molar-refractivity contribution >= 4 is 17.3 Å². The number of imidazole rings is 1. The van der Waals surface area contributed by atoms with E-state index in [0.717, 1.165) is 28.3 Å². The summed E-state index contributed by atoms with van der Waals surface area (Å²) in [6.45, 7) is 1.95. The van der Waals surface area contributed by atoms with Crippen molar-refractivity contribution in [2.75, 3.05) is 24.7 Å². The molecule has 7 heteroatoms. The summed E-state index contributed by atoms with van der Waals surface area (Å²) in [5.41, 5.74) is 10.8. The molecular formula is C20H19FN6. The van der Waals surface area contributed by atoms with E-state index in [1.165, 1.54) is 12.1 Å². The quantitative estimate of drug-likeness (QED) is 0.603. The summed E-state index contributed by atoms with van der Waals surface area (Å²) in [6, 6.07) is 10.2. The zero-order valence-corrected chi connectivity index (χ0v) is 15.3. The average Bonchev–Trinajstić information content (AvgIpc) is 3.12. The first-order valence-corrected chi connectivity index (χ1v) is 8.49. The minimum absolute atomic E-state index is 0.299. The Morgan fingerprint density at radius 2 is 1.78 bits per heavy atom. The Morgan fingerprint density at radius 3 is 2.48 bits per heavy atom. The van der Waals surface area contributed by atoms with Crippen LogP contribution in [0.2, 0.25) is 0 Å². The van der Waals surface area contributed by atoms with Crippen LogP contribution in [-0.4, -0.2) is 33.4 Å². The van der Waals surface area contributed by atoms with Gasteiger partial charge in [0.25, 0.3) is 0 Å². The number of rotatable bonds is 3. The second-order valence-electron chi connectivity index (χ2n) is 6.57. The van der Waals surface area contributed by atoms with Crippen LogP contribution in [0.4, 0.5) is 16.0 Å². The van der Waals surface area contributed by atoms with E-state index in [-0.39, 0.29) is 5.82 Å².